The third-order valence-corrected chi connectivity index (χ3v) is 4.26. The van der Waals surface area contributed by atoms with Crippen molar-refractivity contribution in [2.24, 2.45) is 0 Å². The number of rotatable bonds is 4. The molecule has 136 valence electrons. The number of carbonyl (C=O) groups excluding carboxylic acids is 1. The first-order chi connectivity index (χ1) is 13.7. The Bertz CT molecular complexity index is 1210. The Hall–Kier alpha value is -3.92. The van der Waals surface area contributed by atoms with Crippen molar-refractivity contribution in [2.45, 2.75) is 0 Å². The molecule has 4 aromatic rings. The molecule has 0 aliphatic heterocycles. The predicted octanol–water partition coefficient (Wildman–Crippen LogP) is 5.08. The van der Waals surface area contributed by atoms with Gasteiger partial charge in [0, 0.05) is 12.1 Å². The van der Waals surface area contributed by atoms with Crippen molar-refractivity contribution in [3.05, 3.63) is 107 Å². The zero-order valence-corrected chi connectivity index (χ0v) is 14.9. The summed E-state index contributed by atoms with van der Waals surface area (Å²) in [4.78, 5) is 24.8. The smallest absolute Gasteiger partial charge is 0.336 e. The first-order valence-electron chi connectivity index (χ1n) is 8.77. The largest absolute Gasteiger partial charge is 0.463 e. The van der Waals surface area contributed by atoms with Crippen LogP contribution in [-0.4, -0.2) is 5.97 Å². The minimum absolute atomic E-state index is 0.130. The van der Waals surface area contributed by atoms with Crippen molar-refractivity contribution >= 4 is 23.0 Å². The molecule has 0 bridgehead atoms. The summed E-state index contributed by atoms with van der Waals surface area (Å²) in [7, 11) is 0. The van der Waals surface area contributed by atoms with Crippen molar-refractivity contribution < 1.29 is 13.9 Å². The van der Waals surface area contributed by atoms with Crippen molar-refractivity contribution in [1.82, 2.24) is 0 Å². The molecular formula is C24H16O4. The maximum Gasteiger partial charge on any atom is 0.336 e. The average molecular weight is 368 g/mol. The second-order valence-electron chi connectivity index (χ2n) is 6.17. The third-order valence-electron chi connectivity index (χ3n) is 4.26. The van der Waals surface area contributed by atoms with Crippen LogP contribution in [0.2, 0.25) is 0 Å². The molecule has 0 unspecified atom stereocenters. The normalized spacial score (nSPS) is 11.0. The fourth-order valence-electron chi connectivity index (χ4n) is 2.87. The monoisotopic (exact) mass is 368 g/mol. The van der Waals surface area contributed by atoms with Crippen LogP contribution < -0.4 is 10.2 Å². The van der Waals surface area contributed by atoms with Gasteiger partial charge in [0.1, 0.15) is 17.6 Å². The predicted molar refractivity (Wildman–Crippen MR) is 109 cm³/mol. The molecule has 0 fully saturated rings. The van der Waals surface area contributed by atoms with E-state index in [1.807, 2.05) is 60.7 Å². The van der Waals surface area contributed by atoms with Crippen molar-refractivity contribution in [2.75, 3.05) is 0 Å². The van der Waals surface area contributed by atoms with Gasteiger partial charge in [-0.15, -0.1) is 0 Å². The molecule has 0 atom stereocenters. The van der Waals surface area contributed by atoms with Crippen LogP contribution in [0.25, 0.3) is 28.2 Å². The fourth-order valence-corrected chi connectivity index (χ4v) is 2.87. The van der Waals surface area contributed by atoms with Gasteiger partial charge in [-0.2, -0.15) is 0 Å². The first-order valence-corrected chi connectivity index (χ1v) is 8.77. The van der Waals surface area contributed by atoms with E-state index in [9.17, 15) is 9.59 Å². The summed E-state index contributed by atoms with van der Waals surface area (Å²) in [5.41, 5.74) is 2.41. The van der Waals surface area contributed by atoms with Gasteiger partial charge in [0.15, 0.2) is 5.43 Å². The van der Waals surface area contributed by atoms with Crippen molar-refractivity contribution in [1.29, 1.82) is 0 Å². The average Bonchev–Trinajstić information content (AvgIpc) is 2.74. The fraction of sp³-hybridized carbons (Fsp3) is 0. The molecule has 0 radical (unpaired) electrons. The maximum atomic E-state index is 12.7. The van der Waals surface area contributed by atoms with E-state index in [0.29, 0.717) is 22.3 Å². The Kier molecular flexibility index (Phi) is 4.85. The zero-order chi connectivity index (χ0) is 19.3. The molecule has 4 heteroatoms. The Morgan fingerprint density at radius 3 is 2.36 bits per heavy atom. The summed E-state index contributed by atoms with van der Waals surface area (Å²) in [6.45, 7) is 0. The van der Waals surface area contributed by atoms with E-state index in [1.165, 1.54) is 12.3 Å². The summed E-state index contributed by atoms with van der Waals surface area (Å²) in [5.74, 6) is -0.197. The van der Waals surface area contributed by atoms with Gasteiger partial charge in [-0.1, -0.05) is 60.7 Å². The highest BCUT2D eigenvalue weighted by atomic mass is 16.5. The molecule has 1 aromatic heterocycles. The summed E-state index contributed by atoms with van der Waals surface area (Å²) >= 11 is 0. The molecule has 4 rings (SSSR count). The van der Waals surface area contributed by atoms with Crippen LogP contribution in [-0.2, 0) is 4.79 Å². The second-order valence-corrected chi connectivity index (χ2v) is 6.17. The molecule has 0 aliphatic rings. The lowest BCUT2D eigenvalue weighted by molar-refractivity contribution is -0.128. The lowest BCUT2D eigenvalue weighted by Gasteiger charge is -2.05. The minimum Gasteiger partial charge on any atom is -0.463 e. The molecule has 0 saturated carbocycles. The summed E-state index contributed by atoms with van der Waals surface area (Å²) in [5, 5.41) is 0.431. The molecule has 3 aromatic carbocycles. The van der Waals surface area contributed by atoms with E-state index in [2.05, 4.69) is 0 Å². The van der Waals surface area contributed by atoms with E-state index in [-0.39, 0.29) is 5.43 Å². The third kappa shape index (κ3) is 3.76. The van der Waals surface area contributed by atoms with Gasteiger partial charge in [0.25, 0.3) is 0 Å². The minimum atomic E-state index is -0.508. The Balaban J connectivity index is 1.58. The number of hydrogen-bond donors (Lipinski definition) is 0. The Morgan fingerprint density at radius 2 is 1.61 bits per heavy atom. The summed E-state index contributed by atoms with van der Waals surface area (Å²) in [6.07, 6.45) is 4.46. The molecule has 1 heterocycles. The highest BCUT2D eigenvalue weighted by molar-refractivity contribution is 5.89. The van der Waals surface area contributed by atoms with Crippen LogP contribution in [0.5, 0.6) is 5.75 Å². The number of benzene rings is 3. The number of hydrogen-bond acceptors (Lipinski definition) is 4. The van der Waals surface area contributed by atoms with Gasteiger partial charge in [-0.05, 0) is 29.3 Å². The van der Waals surface area contributed by atoms with Crippen LogP contribution >= 0.6 is 0 Å². The van der Waals surface area contributed by atoms with Gasteiger partial charge in [-0.25, -0.2) is 4.79 Å². The summed E-state index contributed by atoms with van der Waals surface area (Å²) in [6, 6.07) is 23.5. The molecule has 28 heavy (non-hydrogen) atoms. The quantitative estimate of drug-likeness (QED) is 0.286. The zero-order valence-electron chi connectivity index (χ0n) is 14.9. The maximum absolute atomic E-state index is 12.7. The molecule has 0 N–H and O–H groups in total. The molecule has 0 spiro atoms. The molecular weight excluding hydrogens is 352 g/mol. The molecule has 0 amide bonds. The van der Waals surface area contributed by atoms with Crippen LogP contribution in [0.1, 0.15) is 5.56 Å². The van der Waals surface area contributed by atoms with Crippen molar-refractivity contribution in [3.8, 4) is 16.9 Å². The highest BCUT2D eigenvalue weighted by Gasteiger charge is 2.10. The lowest BCUT2D eigenvalue weighted by Crippen LogP contribution is -2.06. The number of ether oxygens (including phenoxy) is 1. The van der Waals surface area contributed by atoms with E-state index in [4.69, 9.17) is 9.15 Å². The number of fused-ring (bicyclic) bond motifs is 1. The van der Waals surface area contributed by atoms with E-state index >= 15 is 0 Å². The van der Waals surface area contributed by atoms with Gasteiger partial charge in [0.2, 0.25) is 0 Å². The molecule has 0 aliphatic carbocycles. The van der Waals surface area contributed by atoms with Gasteiger partial charge in [-0.3, -0.25) is 4.79 Å². The van der Waals surface area contributed by atoms with E-state index in [0.717, 1.165) is 11.1 Å². The van der Waals surface area contributed by atoms with Crippen LogP contribution in [0.4, 0.5) is 0 Å². The van der Waals surface area contributed by atoms with Crippen molar-refractivity contribution in [3.63, 3.8) is 0 Å². The SMILES string of the molecule is O=C(C=Cc1ccccc1)Oc1ccc2c(=O)c(-c3ccccc3)coc2c1. The van der Waals surface area contributed by atoms with Crippen LogP contribution in [0.15, 0.2) is 100 Å². The Labute approximate surface area is 161 Å². The second kappa shape index (κ2) is 7.76. The van der Waals surface area contributed by atoms with E-state index < -0.39 is 5.97 Å². The van der Waals surface area contributed by atoms with E-state index in [1.54, 1.807) is 24.3 Å². The first kappa shape index (κ1) is 17.5. The highest BCUT2D eigenvalue weighted by Crippen LogP contribution is 2.23. The van der Waals surface area contributed by atoms with Gasteiger partial charge >= 0.3 is 5.97 Å². The van der Waals surface area contributed by atoms with Crippen LogP contribution in [0.3, 0.4) is 0 Å². The molecule has 0 saturated heterocycles. The Morgan fingerprint density at radius 1 is 0.893 bits per heavy atom. The topological polar surface area (TPSA) is 56.5 Å². The standard InChI is InChI=1S/C24H16O4/c25-23(14-11-17-7-3-1-4-8-17)28-19-12-13-20-22(15-19)27-16-21(24(20)26)18-9-5-2-6-10-18/h1-16H. The lowest BCUT2D eigenvalue weighted by atomic mass is 10.1. The number of carbonyl (C=O) groups is 1. The molecule has 4 nitrogen and oxygen atoms in total. The van der Waals surface area contributed by atoms with Gasteiger partial charge in [0.05, 0.1) is 10.9 Å². The summed E-state index contributed by atoms with van der Waals surface area (Å²) < 4.78 is 10.9. The number of esters is 1. The van der Waals surface area contributed by atoms with Crippen LogP contribution in [0, 0.1) is 0 Å². The van der Waals surface area contributed by atoms with Gasteiger partial charge < -0.3 is 9.15 Å².